The van der Waals surface area contributed by atoms with Crippen LogP contribution in [0, 0.1) is 11.8 Å². The number of hydrogen-bond acceptors (Lipinski definition) is 14. The predicted octanol–water partition coefficient (Wildman–Crippen LogP) is 7.29. The molecule has 3 aliphatic heterocycles. The van der Waals surface area contributed by atoms with Gasteiger partial charge in [0, 0.05) is 52.3 Å². The lowest BCUT2D eigenvalue weighted by Gasteiger charge is -2.46. The van der Waals surface area contributed by atoms with Crippen LogP contribution in [0.5, 0.6) is 0 Å². The third-order valence-corrected chi connectivity index (χ3v) is 12.8. The minimum atomic E-state index is -1.38. The standard InChI is InChI=1S/C43H67N7O10.5CH4/c1-12-35-43(8)38(49(41(55)60-43)20-16-15-19-48-25-32(45-46-48)31-17-13-14-18-44-31)29(5)50(30(6)51)24-26(2)23-42(7,56-11)36(22-34(52)28(4)39(54)58-35)59-40-37(53)33(47(9)10)21-27(3)57-40;;;;;/h13-14,17-18,25-29,33,35-38,40,53H,12,15-16,19-24H2,1-11H3;5*1H4/t26-,27?,28-,29-,33?,35-,36-,37?,38-,40+,42+,43-;;;;;/m1...../s1. The maximum absolute atomic E-state index is 14.1. The van der Waals surface area contributed by atoms with Crippen molar-refractivity contribution in [3.05, 3.63) is 30.6 Å². The van der Waals surface area contributed by atoms with Gasteiger partial charge in [-0.15, -0.1) is 5.10 Å². The fraction of sp³-hybridized carbons (Fsp3) is 0.771. The summed E-state index contributed by atoms with van der Waals surface area (Å²) >= 11 is 0. The summed E-state index contributed by atoms with van der Waals surface area (Å²) in [4.78, 5) is 65.4. The van der Waals surface area contributed by atoms with Crippen LogP contribution >= 0.6 is 0 Å². The topological polar surface area (TPSA) is 188 Å². The van der Waals surface area contributed by atoms with Crippen LogP contribution in [-0.2, 0) is 44.6 Å². The van der Waals surface area contributed by atoms with Gasteiger partial charge in [-0.05, 0) is 98.9 Å². The normalized spacial score (nSPS) is 32.1. The summed E-state index contributed by atoms with van der Waals surface area (Å²) in [6.07, 6.45) is 0.874. The molecule has 3 aliphatic rings. The van der Waals surface area contributed by atoms with Gasteiger partial charge < -0.3 is 38.6 Å². The number of aliphatic hydroxyl groups is 1. The van der Waals surface area contributed by atoms with E-state index in [9.17, 15) is 24.3 Å². The third-order valence-electron chi connectivity index (χ3n) is 12.8. The Labute approximate surface area is 391 Å². The van der Waals surface area contributed by atoms with Crippen LogP contribution in [-0.4, -0.2) is 158 Å². The highest BCUT2D eigenvalue weighted by atomic mass is 16.7. The molecule has 0 aromatic carbocycles. The van der Waals surface area contributed by atoms with Crippen LogP contribution in [0.2, 0.25) is 0 Å². The van der Waals surface area contributed by atoms with Gasteiger partial charge in [-0.2, -0.15) is 0 Å². The molecule has 3 saturated heterocycles. The molecular formula is C48H87N7O10. The van der Waals surface area contributed by atoms with Gasteiger partial charge in [-0.25, -0.2) is 4.79 Å². The van der Waals surface area contributed by atoms with Crippen molar-refractivity contribution >= 4 is 23.8 Å². The molecule has 1 N–H and O–H groups in total. The first-order valence-corrected chi connectivity index (χ1v) is 21.4. The number of carbonyl (C=O) groups excluding carboxylic acids is 4. The first-order chi connectivity index (χ1) is 28.3. The first-order valence-electron chi connectivity index (χ1n) is 21.4. The highest BCUT2D eigenvalue weighted by molar-refractivity contribution is 5.99. The lowest BCUT2D eigenvalue weighted by molar-refractivity contribution is -0.289. The van der Waals surface area contributed by atoms with E-state index in [1.807, 2.05) is 78.0 Å². The number of fused-ring (bicyclic) bond motifs is 1. The molecule has 0 spiro atoms. The number of nitrogens with zero attached hydrogens (tertiary/aromatic N) is 7. The fourth-order valence-electron chi connectivity index (χ4n) is 9.31. The lowest BCUT2D eigenvalue weighted by atomic mass is 9.82. The number of unbranched alkanes of at least 4 members (excludes halogenated alkanes) is 1. The molecule has 2 amide bonds. The number of aliphatic hydroxyl groups excluding tert-OH is 1. The van der Waals surface area contributed by atoms with Crippen LogP contribution in [0.3, 0.4) is 0 Å². The summed E-state index contributed by atoms with van der Waals surface area (Å²) in [5.74, 6) is -2.86. The zero-order valence-electron chi connectivity index (χ0n) is 37.3. The Morgan fingerprint density at radius 1 is 1.00 bits per heavy atom. The zero-order valence-corrected chi connectivity index (χ0v) is 37.3. The van der Waals surface area contributed by atoms with Crippen molar-refractivity contribution < 1.29 is 48.0 Å². The predicted molar refractivity (Wildman–Crippen MR) is 254 cm³/mol. The zero-order chi connectivity index (χ0) is 44.1. The number of aryl methyl sites for hydroxylation is 1. The molecule has 5 rings (SSSR count). The van der Waals surface area contributed by atoms with Crippen molar-refractivity contribution in [1.82, 2.24) is 34.7 Å². The van der Waals surface area contributed by atoms with Crippen LogP contribution < -0.4 is 0 Å². The van der Waals surface area contributed by atoms with Crippen molar-refractivity contribution in [3.63, 3.8) is 0 Å². The van der Waals surface area contributed by atoms with Gasteiger partial charge in [0.25, 0.3) is 0 Å². The Morgan fingerprint density at radius 3 is 2.25 bits per heavy atom. The second kappa shape index (κ2) is 25.8. The van der Waals surface area contributed by atoms with Crippen LogP contribution in [0.4, 0.5) is 4.79 Å². The maximum Gasteiger partial charge on any atom is 0.410 e. The van der Waals surface area contributed by atoms with Crippen LogP contribution in [0.15, 0.2) is 30.6 Å². The Morgan fingerprint density at radius 2 is 1.66 bits per heavy atom. The largest absolute Gasteiger partial charge is 0.458 e. The summed E-state index contributed by atoms with van der Waals surface area (Å²) < 4.78 is 33.0. The number of amides is 2. The molecular weight excluding hydrogens is 835 g/mol. The van der Waals surface area contributed by atoms with Gasteiger partial charge in [0.15, 0.2) is 11.9 Å². The van der Waals surface area contributed by atoms with E-state index in [4.69, 9.17) is 23.7 Å². The molecule has 65 heavy (non-hydrogen) atoms. The SMILES string of the molecule is C.C.C.C.C.CC[C@H]1OC(=O)[C@H](C)C(=O)C[C@@H](O[C@@H]2OC(C)CC(N(C)C)C2O)[C@@](C)(OC)C[C@@H](C)CN(C(C)=O)[C@H](C)[C@H]2N(CCCCn3cc(-c4ccccn4)nn3)C(=O)O[C@]12C. The van der Waals surface area contributed by atoms with Gasteiger partial charge in [-0.3, -0.25) is 28.9 Å². The molecule has 0 saturated carbocycles. The average Bonchev–Trinajstić information content (AvgIpc) is 3.78. The summed E-state index contributed by atoms with van der Waals surface area (Å²) in [5, 5.41) is 19.9. The van der Waals surface area contributed by atoms with Crippen molar-refractivity contribution in [1.29, 1.82) is 0 Å². The van der Waals surface area contributed by atoms with E-state index in [-0.39, 0.29) is 80.5 Å². The molecule has 17 nitrogen and oxygen atoms in total. The van der Waals surface area contributed by atoms with Crippen LogP contribution in [0.1, 0.15) is 131 Å². The van der Waals surface area contributed by atoms with E-state index in [1.54, 1.807) is 27.6 Å². The first kappa shape index (κ1) is 61.0. The monoisotopic (exact) mass is 922 g/mol. The number of esters is 1. The molecule has 2 aromatic heterocycles. The number of methoxy groups -OCH3 is 1. The van der Waals surface area contributed by atoms with E-state index in [0.29, 0.717) is 44.5 Å². The van der Waals surface area contributed by atoms with Gasteiger partial charge in [-0.1, -0.05) is 62.3 Å². The van der Waals surface area contributed by atoms with E-state index in [0.717, 1.165) is 5.69 Å². The van der Waals surface area contributed by atoms with Gasteiger partial charge >= 0.3 is 12.1 Å². The second-order valence-electron chi connectivity index (χ2n) is 17.6. The average molecular weight is 922 g/mol. The van der Waals surface area contributed by atoms with Gasteiger partial charge in [0.2, 0.25) is 5.91 Å². The number of aromatic nitrogens is 4. The summed E-state index contributed by atoms with van der Waals surface area (Å²) in [6, 6.07) is 4.02. The number of hydrogen-bond donors (Lipinski definition) is 1. The molecule has 374 valence electrons. The highest BCUT2D eigenvalue weighted by Crippen LogP contribution is 2.41. The number of likely N-dealkylation sites (N-methyl/N-ethyl adjacent to an activating group) is 1. The van der Waals surface area contributed by atoms with E-state index in [1.165, 1.54) is 21.0 Å². The lowest BCUT2D eigenvalue weighted by Crippen LogP contribution is -2.62. The molecule has 12 atom stereocenters. The summed E-state index contributed by atoms with van der Waals surface area (Å²) in [7, 11) is 5.30. The Bertz CT molecular complexity index is 1780. The molecule has 3 unspecified atom stereocenters. The number of ketones is 1. The number of cyclic esters (lactones) is 1. The minimum absolute atomic E-state index is 0. The van der Waals surface area contributed by atoms with Crippen molar-refractivity contribution in [2.75, 3.05) is 34.3 Å². The van der Waals surface area contributed by atoms with E-state index >= 15 is 0 Å². The molecule has 3 fully saturated rings. The smallest absolute Gasteiger partial charge is 0.410 e. The van der Waals surface area contributed by atoms with Gasteiger partial charge in [0.05, 0.1) is 41.8 Å². The Hall–Kier alpha value is -4.03. The van der Waals surface area contributed by atoms with E-state index < -0.39 is 71.7 Å². The van der Waals surface area contributed by atoms with E-state index in [2.05, 4.69) is 15.3 Å². The number of Topliss-reactive ketones (excluding diaryl/α,β-unsaturated/α-hetero) is 1. The number of carbonyl (C=O) groups is 4. The number of pyridine rings is 1. The number of rotatable bonds is 11. The van der Waals surface area contributed by atoms with Gasteiger partial charge in [0.1, 0.15) is 29.6 Å². The maximum atomic E-state index is 14.1. The van der Waals surface area contributed by atoms with Crippen molar-refractivity contribution in [2.45, 2.75) is 198 Å². The number of ether oxygens (including phenoxy) is 5. The highest BCUT2D eigenvalue weighted by Gasteiger charge is 2.59. The second-order valence-corrected chi connectivity index (χ2v) is 17.6. The Balaban J connectivity index is 0.00000819. The third kappa shape index (κ3) is 13.8. The molecule has 0 aliphatic carbocycles. The molecule has 17 heteroatoms. The summed E-state index contributed by atoms with van der Waals surface area (Å²) in [6.45, 7) is 15.3. The van der Waals surface area contributed by atoms with Crippen molar-refractivity contribution in [2.24, 2.45) is 11.8 Å². The molecule has 0 radical (unpaired) electrons. The Kier molecular flexibility index (Phi) is 24.2. The molecule has 2 aromatic rings. The molecule has 0 bridgehead atoms. The van der Waals surface area contributed by atoms with Crippen molar-refractivity contribution in [3.8, 4) is 11.4 Å². The summed E-state index contributed by atoms with van der Waals surface area (Å²) in [5.41, 5.74) is -1.14. The van der Waals surface area contributed by atoms with Crippen LogP contribution in [0.25, 0.3) is 11.4 Å². The minimum Gasteiger partial charge on any atom is -0.458 e. The molecule has 5 heterocycles. The fourth-order valence-corrected chi connectivity index (χ4v) is 9.31. The quantitative estimate of drug-likeness (QED) is 0.134.